The SMILES string of the molecule is CC(C)CCN(C)Cc1cc(C=CC(=O)O)cs1. The maximum absolute atomic E-state index is 10.4. The van der Waals surface area contributed by atoms with Crippen molar-refractivity contribution in [3.8, 4) is 0 Å². The molecule has 1 aromatic rings. The van der Waals surface area contributed by atoms with Crippen LogP contribution in [0.5, 0.6) is 0 Å². The second-order valence-corrected chi connectivity index (χ2v) is 5.93. The molecule has 18 heavy (non-hydrogen) atoms. The summed E-state index contributed by atoms with van der Waals surface area (Å²) in [4.78, 5) is 14.0. The molecule has 0 saturated carbocycles. The molecule has 0 aliphatic rings. The van der Waals surface area contributed by atoms with Gasteiger partial charge in [-0.2, -0.15) is 0 Å². The molecule has 0 bridgehead atoms. The van der Waals surface area contributed by atoms with E-state index in [1.807, 2.05) is 5.38 Å². The van der Waals surface area contributed by atoms with Crippen LogP contribution >= 0.6 is 11.3 Å². The van der Waals surface area contributed by atoms with Crippen LogP contribution in [0.1, 0.15) is 30.7 Å². The summed E-state index contributed by atoms with van der Waals surface area (Å²) in [6, 6.07) is 2.05. The van der Waals surface area contributed by atoms with E-state index >= 15 is 0 Å². The molecule has 0 unspecified atom stereocenters. The van der Waals surface area contributed by atoms with Gasteiger partial charge in [0.2, 0.25) is 0 Å². The Balaban J connectivity index is 2.45. The van der Waals surface area contributed by atoms with Gasteiger partial charge >= 0.3 is 5.97 Å². The Labute approximate surface area is 113 Å². The monoisotopic (exact) mass is 267 g/mol. The van der Waals surface area contributed by atoms with Crippen molar-refractivity contribution in [2.24, 2.45) is 5.92 Å². The molecule has 3 nitrogen and oxygen atoms in total. The molecule has 0 radical (unpaired) electrons. The van der Waals surface area contributed by atoms with Crippen LogP contribution in [0.25, 0.3) is 6.08 Å². The van der Waals surface area contributed by atoms with Gasteiger partial charge in [-0.1, -0.05) is 13.8 Å². The van der Waals surface area contributed by atoms with Crippen molar-refractivity contribution in [2.45, 2.75) is 26.8 Å². The smallest absolute Gasteiger partial charge is 0.328 e. The van der Waals surface area contributed by atoms with Gasteiger partial charge in [0.15, 0.2) is 0 Å². The summed E-state index contributed by atoms with van der Waals surface area (Å²) in [5.41, 5.74) is 0.967. The first-order valence-electron chi connectivity index (χ1n) is 6.14. The third-order valence-corrected chi connectivity index (χ3v) is 3.55. The predicted octanol–water partition coefficient (Wildman–Crippen LogP) is 3.32. The van der Waals surface area contributed by atoms with Crippen molar-refractivity contribution < 1.29 is 9.90 Å². The summed E-state index contributed by atoms with van der Waals surface area (Å²) in [6.07, 6.45) is 4.01. The Morgan fingerprint density at radius 1 is 1.56 bits per heavy atom. The number of carbonyl (C=O) groups is 1. The molecule has 0 amide bonds. The van der Waals surface area contributed by atoms with Gasteiger partial charge in [-0.05, 0) is 49.0 Å². The first kappa shape index (κ1) is 14.9. The van der Waals surface area contributed by atoms with Crippen LogP contribution in [0.15, 0.2) is 17.5 Å². The van der Waals surface area contributed by atoms with Gasteiger partial charge in [0.1, 0.15) is 0 Å². The molecule has 1 aromatic heterocycles. The van der Waals surface area contributed by atoms with Gasteiger partial charge in [0.25, 0.3) is 0 Å². The molecule has 0 aromatic carbocycles. The average molecular weight is 267 g/mol. The molecule has 0 aliphatic carbocycles. The zero-order valence-corrected chi connectivity index (χ0v) is 12.0. The van der Waals surface area contributed by atoms with E-state index in [0.29, 0.717) is 0 Å². The van der Waals surface area contributed by atoms with Crippen molar-refractivity contribution in [3.05, 3.63) is 28.0 Å². The summed E-state index contributed by atoms with van der Waals surface area (Å²) in [7, 11) is 2.12. The van der Waals surface area contributed by atoms with Crippen molar-refractivity contribution >= 4 is 23.4 Å². The number of hydrogen-bond donors (Lipinski definition) is 1. The zero-order chi connectivity index (χ0) is 13.5. The predicted molar refractivity (Wildman–Crippen MR) is 76.8 cm³/mol. The zero-order valence-electron chi connectivity index (χ0n) is 11.2. The molecule has 1 heterocycles. The second-order valence-electron chi connectivity index (χ2n) is 4.94. The summed E-state index contributed by atoms with van der Waals surface area (Å²) >= 11 is 1.68. The van der Waals surface area contributed by atoms with Crippen LogP contribution < -0.4 is 0 Å². The second kappa shape index (κ2) is 7.34. The Morgan fingerprint density at radius 3 is 2.89 bits per heavy atom. The third-order valence-electron chi connectivity index (χ3n) is 2.61. The number of hydrogen-bond acceptors (Lipinski definition) is 3. The fourth-order valence-corrected chi connectivity index (χ4v) is 2.49. The minimum atomic E-state index is -0.906. The van der Waals surface area contributed by atoms with E-state index in [1.54, 1.807) is 17.4 Å². The van der Waals surface area contributed by atoms with Crippen molar-refractivity contribution in [1.82, 2.24) is 4.90 Å². The average Bonchev–Trinajstić information content (AvgIpc) is 2.71. The highest BCUT2D eigenvalue weighted by atomic mass is 32.1. The van der Waals surface area contributed by atoms with E-state index in [9.17, 15) is 4.79 Å². The largest absolute Gasteiger partial charge is 0.478 e. The standard InChI is InChI=1S/C14H21NO2S/c1-11(2)6-7-15(3)9-13-8-12(10-18-13)4-5-14(16)17/h4-5,8,10-11H,6-7,9H2,1-3H3,(H,16,17). The Morgan fingerprint density at radius 2 is 2.28 bits per heavy atom. The number of rotatable bonds is 7. The lowest BCUT2D eigenvalue weighted by Gasteiger charge is -2.16. The molecule has 0 saturated heterocycles. The van der Waals surface area contributed by atoms with E-state index < -0.39 is 5.97 Å². The van der Waals surface area contributed by atoms with Crippen molar-refractivity contribution in [1.29, 1.82) is 0 Å². The molecule has 0 spiro atoms. The van der Waals surface area contributed by atoms with E-state index in [0.717, 1.165) is 24.6 Å². The lowest BCUT2D eigenvalue weighted by molar-refractivity contribution is -0.131. The van der Waals surface area contributed by atoms with Gasteiger partial charge in [0.05, 0.1) is 0 Å². The molecule has 1 rings (SSSR count). The third kappa shape index (κ3) is 5.98. The van der Waals surface area contributed by atoms with E-state index in [4.69, 9.17) is 5.11 Å². The van der Waals surface area contributed by atoms with Crippen LogP contribution in [0.4, 0.5) is 0 Å². The molecule has 0 fully saturated rings. The summed E-state index contributed by atoms with van der Waals surface area (Å²) in [5, 5.41) is 10.5. The van der Waals surface area contributed by atoms with E-state index in [1.165, 1.54) is 17.4 Å². The van der Waals surface area contributed by atoms with Gasteiger partial charge in [-0.15, -0.1) is 11.3 Å². The number of carboxylic acid groups (broad SMARTS) is 1. The number of carboxylic acids is 1. The van der Waals surface area contributed by atoms with Crippen LogP contribution in [0.2, 0.25) is 0 Å². The van der Waals surface area contributed by atoms with Gasteiger partial charge < -0.3 is 10.0 Å². The highest BCUT2D eigenvalue weighted by Crippen LogP contribution is 2.18. The van der Waals surface area contributed by atoms with E-state index in [-0.39, 0.29) is 0 Å². The van der Waals surface area contributed by atoms with Gasteiger partial charge in [-0.3, -0.25) is 0 Å². The summed E-state index contributed by atoms with van der Waals surface area (Å²) in [5.74, 6) is -0.179. The van der Waals surface area contributed by atoms with Crippen LogP contribution in [0.3, 0.4) is 0 Å². The minimum absolute atomic E-state index is 0.727. The maximum Gasteiger partial charge on any atom is 0.328 e. The van der Waals surface area contributed by atoms with Crippen LogP contribution in [-0.2, 0) is 11.3 Å². The summed E-state index contributed by atoms with van der Waals surface area (Å²) < 4.78 is 0. The first-order valence-corrected chi connectivity index (χ1v) is 7.02. The van der Waals surface area contributed by atoms with Gasteiger partial charge in [0, 0.05) is 17.5 Å². The van der Waals surface area contributed by atoms with Crippen LogP contribution in [-0.4, -0.2) is 29.6 Å². The normalized spacial score (nSPS) is 11.8. The number of nitrogens with zero attached hydrogens (tertiary/aromatic N) is 1. The first-order chi connectivity index (χ1) is 8.47. The molecular formula is C14H21NO2S. The quantitative estimate of drug-likeness (QED) is 0.770. The Hall–Kier alpha value is -1.13. The van der Waals surface area contributed by atoms with Crippen molar-refractivity contribution in [2.75, 3.05) is 13.6 Å². The molecule has 100 valence electrons. The number of thiophene rings is 1. The fraction of sp³-hybridized carbons (Fsp3) is 0.500. The lowest BCUT2D eigenvalue weighted by Crippen LogP contribution is -2.19. The van der Waals surface area contributed by atoms with Gasteiger partial charge in [-0.25, -0.2) is 4.79 Å². The molecule has 0 aliphatic heterocycles. The Bertz CT molecular complexity index is 410. The molecular weight excluding hydrogens is 246 g/mol. The highest BCUT2D eigenvalue weighted by Gasteiger charge is 2.04. The van der Waals surface area contributed by atoms with Crippen LogP contribution in [0, 0.1) is 5.92 Å². The Kier molecular flexibility index (Phi) is 6.09. The summed E-state index contributed by atoms with van der Waals surface area (Å²) in [6.45, 7) is 6.48. The highest BCUT2D eigenvalue weighted by molar-refractivity contribution is 7.10. The fourth-order valence-electron chi connectivity index (χ4n) is 1.56. The maximum atomic E-state index is 10.4. The lowest BCUT2D eigenvalue weighted by atomic mass is 10.1. The minimum Gasteiger partial charge on any atom is -0.478 e. The molecule has 4 heteroatoms. The van der Waals surface area contributed by atoms with E-state index in [2.05, 4.69) is 31.9 Å². The molecule has 1 N–H and O–H groups in total. The topological polar surface area (TPSA) is 40.5 Å². The molecule has 0 atom stereocenters. The van der Waals surface area contributed by atoms with Crippen molar-refractivity contribution in [3.63, 3.8) is 0 Å². The number of aliphatic carboxylic acids is 1.